The van der Waals surface area contributed by atoms with Gasteiger partial charge < -0.3 is 24.4 Å². The number of methoxy groups -OCH3 is 2. The Kier molecular flexibility index (Phi) is 8.08. The minimum absolute atomic E-state index is 0.105. The zero-order valence-electron chi connectivity index (χ0n) is 20.2. The SMILES string of the molecule is CCN(CC)CCN1C(=O)C(=O)C(=C(O)c2ccc([N+](=O)[O-])cc2)[C@H]1c1ccc(OC)cc1OC. The maximum atomic E-state index is 13.2. The van der Waals surface area contributed by atoms with Crippen molar-refractivity contribution in [2.45, 2.75) is 19.9 Å². The van der Waals surface area contributed by atoms with Crippen molar-refractivity contribution in [1.29, 1.82) is 0 Å². The molecule has 2 aromatic rings. The summed E-state index contributed by atoms with van der Waals surface area (Å²) in [4.78, 5) is 40.4. The number of nitro groups is 1. The van der Waals surface area contributed by atoms with Gasteiger partial charge in [-0.05, 0) is 37.4 Å². The highest BCUT2D eigenvalue weighted by Crippen LogP contribution is 2.43. The summed E-state index contributed by atoms with van der Waals surface area (Å²) in [6.45, 7) is 6.36. The average Bonchev–Trinajstić information content (AvgIpc) is 3.13. The van der Waals surface area contributed by atoms with Crippen LogP contribution in [0.2, 0.25) is 0 Å². The maximum Gasteiger partial charge on any atom is 0.295 e. The van der Waals surface area contributed by atoms with E-state index in [1.165, 1.54) is 43.4 Å². The molecule has 1 atom stereocenters. The number of likely N-dealkylation sites (tertiary alicyclic amines) is 1. The largest absolute Gasteiger partial charge is 0.507 e. The van der Waals surface area contributed by atoms with E-state index in [1.807, 2.05) is 13.8 Å². The molecule has 1 heterocycles. The number of aliphatic hydroxyl groups is 1. The van der Waals surface area contributed by atoms with Crippen molar-refractivity contribution in [3.05, 3.63) is 69.3 Å². The van der Waals surface area contributed by atoms with Gasteiger partial charge in [0.15, 0.2) is 0 Å². The number of amides is 1. The van der Waals surface area contributed by atoms with E-state index in [2.05, 4.69) is 4.90 Å². The summed E-state index contributed by atoms with van der Waals surface area (Å²) in [5.74, 6) is -1.06. The molecule has 0 unspecified atom stereocenters. The summed E-state index contributed by atoms with van der Waals surface area (Å²) in [5.41, 5.74) is 0.437. The van der Waals surface area contributed by atoms with Gasteiger partial charge in [-0.15, -0.1) is 0 Å². The molecular weight excluding hydrogens is 454 g/mol. The number of nitro benzene ring substituents is 1. The summed E-state index contributed by atoms with van der Waals surface area (Å²) in [6, 6.07) is 9.27. The van der Waals surface area contributed by atoms with Crippen LogP contribution in [0.25, 0.3) is 5.76 Å². The Labute approximate surface area is 203 Å². The second kappa shape index (κ2) is 11.0. The zero-order chi connectivity index (χ0) is 25.7. The molecule has 3 rings (SSSR count). The lowest BCUT2D eigenvalue weighted by Crippen LogP contribution is -2.38. The topological polar surface area (TPSA) is 122 Å². The molecule has 0 spiro atoms. The summed E-state index contributed by atoms with van der Waals surface area (Å²) in [6.07, 6.45) is 0. The monoisotopic (exact) mass is 483 g/mol. The van der Waals surface area contributed by atoms with Gasteiger partial charge in [-0.3, -0.25) is 19.7 Å². The molecule has 1 aliphatic heterocycles. The predicted octanol–water partition coefficient (Wildman–Crippen LogP) is 3.38. The van der Waals surface area contributed by atoms with Crippen LogP contribution in [0.15, 0.2) is 48.0 Å². The van der Waals surface area contributed by atoms with Crippen LogP contribution in [0.3, 0.4) is 0 Å². The smallest absolute Gasteiger partial charge is 0.295 e. The Morgan fingerprint density at radius 1 is 1.09 bits per heavy atom. The molecule has 10 nitrogen and oxygen atoms in total. The van der Waals surface area contributed by atoms with Crippen molar-refractivity contribution in [3.8, 4) is 11.5 Å². The third-order valence-electron chi connectivity index (χ3n) is 6.18. The second-order valence-corrected chi connectivity index (χ2v) is 7.93. The Morgan fingerprint density at radius 3 is 2.29 bits per heavy atom. The van der Waals surface area contributed by atoms with Crippen molar-refractivity contribution in [2.24, 2.45) is 0 Å². The number of benzene rings is 2. The molecule has 2 aromatic carbocycles. The van der Waals surface area contributed by atoms with Crippen LogP contribution in [0, 0.1) is 10.1 Å². The number of rotatable bonds is 10. The number of ether oxygens (including phenoxy) is 2. The van der Waals surface area contributed by atoms with Crippen LogP contribution in [-0.2, 0) is 9.59 Å². The third-order valence-corrected chi connectivity index (χ3v) is 6.18. The van der Waals surface area contributed by atoms with Crippen molar-refractivity contribution in [3.63, 3.8) is 0 Å². The lowest BCUT2D eigenvalue weighted by atomic mass is 9.94. The number of non-ortho nitro benzene ring substituents is 1. The lowest BCUT2D eigenvalue weighted by Gasteiger charge is -2.29. The molecule has 1 saturated heterocycles. The second-order valence-electron chi connectivity index (χ2n) is 7.93. The van der Waals surface area contributed by atoms with Crippen molar-refractivity contribution >= 4 is 23.1 Å². The molecule has 0 bridgehead atoms. The van der Waals surface area contributed by atoms with E-state index in [0.29, 0.717) is 23.6 Å². The number of ketones is 1. The Hall–Kier alpha value is -3.92. The van der Waals surface area contributed by atoms with Crippen molar-refractivity contribution in [2.75, 3.05) is 40.4 Å². The molecule has 1 N–H and O–H groups in total. The first-order chi connectivity index (χ1) is 16.8. The molecular formula is C25H29N3O7. The van der Waals surface area contributed by atoms with E-state index < -0.39 is 28.4 Å². The van der Waals surface area contributed by atoms with E-state index in [1.54, 1.807) is 18.2 Å². The van der Waals surface area contributed by atoms with Crippen molar-refractivity contribution in [1.82, 2.24) is 9.80 Å². The Balaban J connectivity index is 2.17. The molecule has 0 aromatic heterocycles. The van der Waals surface area contributed by atoms with Crippen molar-refractivity contribution < 1.29 is 29.1 Å². The highest BCUT2D eigenvalue weighted by atomic mass is 16.6. The van der Waals surface area contributed by atoms with Gasteiger partial charge in [-0.2, -0.15) is 0 Å². The van der Waals surface area contributed by atoms with E-state index >= 15 is 0 Å². The van der Waals surface area contributed by atoms with Gasteiger partial charge in [0.25, 0.3) is 17.4 Å². The van der Waals surface area contributed by atoms with Gasteiger partial charge in [0.05, 0.1) is 30.8 Å². The maximum absolute atomic E-state index is 13.2. The lowest BCUT2D eigenvalue weighted by molar-refractivity contribution is -0.384. The summed E-state index contributed by atoms with van der Waals surface area (Å²) in [5, 5.41) is 22.2. The number of carbonyl (C=O) groups excluding carboxylic acids is 2. The highest BCUT2D eigenvalue weighted by molar-refractivity contribution is 6.46. The number of carbonyl (C=O) groups is 2. The Bertz CT molecular complexity index is 1140. The fourth-order valence-electron chi connectivity index (χ4n) is 4.16. The quantitative estimate of drug-likeness (QED) is 0.179. The predicted molar refractivity (Wildman–Crippen MR) is 129 cm³/mol. The first kappa shape index (κ1) is 25.7. The van der Waals surface area contributed by atoms with Gasteiger partial charge in [0.2, 0.25) is 0 Å². The number of nitrogens with zero attached hydrogens (tertiary/aromatic N) is 3. The number of likely N-dealkylation sites (N-methyl/N-ethyl adjacent to an activating group) is 1. The van der Waals surface area contributed by atoms with Crippen LogP contribution in [0.5, 0.6) is 11.5 Å². The molecule has 186 valence electrons. The normalized spacial score (nSPS) is 17.2. The first-order valence-electron chi connectivity index (χ1n) is 11.2. The van der Waals surface area contributed by atoms with Crippen LogP contribution in [-0.4, -0.2) is 71.9 Å². The molecule has 1 amide bonds. The zero-order valence-corrected chi connectivity index (χ0v) is 20.2. The summed E-state index contributed by atoms with van der Waals surface area (Å²) in [7, 11) is 2.98. The summed E-state index contributed by atoms with van der Waals surface area (Å²) < 4.78 is 10.8. The first-order valence-corrected chi connectivity index (χ1v) is 11.2. The summed E-state index contributed by atoms with van der Waals surface area (Å²) >= 11 is 0. The van der Waals surface area contributed by atoms with Gasteiger partial charge >= 0.3 is 0 Å². The molecule has 35 heavy (non-hydrogen) atoms. The van der Waals surface area contributed by atoms with Crippen LogP contribution in [0.4, 0.5) is 5.69 Å². The molecule has 1 fully saturated rings. The minimum atomic E-state index is -0.915. The molecule has 0 saturated carbocycles. The molecule has 1 aliphatic rings. The molecule has 10 heteroatoms. The van der Waals surface area contributed by atoms with Gasteiger partial charge in [0.1, 0.15) is 17.3 Å². The average molecular weight is 484 g/mol. The van der Waals surface area contributed by atoms with E-state index in [-0.39, 0.29) is 23.4 Å². The van der Waals surface area contributed by atoms with Gasteiger partial charge in [-0.25, -0.2) is 0 Å². The van der Waals surface area contributed by atoms with Crippen LogP contribution >= 0.6 is 0 Å². The fourth-order valence-corrected chi connectivity index (χ4v) is 4.16. The Morgan fingerprint density at radius 2 is 1.74 bits per heavy atom. The van der Waals surface area contributed by atoms with E-state index in [4.69, 9.17) is 9.47 Å². The van der Waals surface area contributed by atoms with Gasteiger partial charge in [0, 0.05) is 42.4 Å². The molecule has 0 aliphatic carbocycles. The van der Waals surface area contributed by atoms with E-state index in [0.717, 1.165) is 13.1 Å². The molecule has 0 radical (unpaired) electrons. The van der Waals surface area contributed by atoms with Crippen LogP contribution in [0.1, 0.15) is 31.0 Å². The number of hydrogen-bond acceptors (Lipinski definition) is 8. The fraction of sp³-hybridized carbons (Fsp3) is 0.360. The minimum Gasteiger partial charge on any atom is -0.507 e. The van der Waals surface area contributed by atoms with Crippen LogP contribution < -0.4 is 9.47 Å². The number of Topliss-reactive ketones (excluding diaryl/α,β-unsaturated/α-hetero) is 1. The standard InChI is InChI=1S/C25H29N3O7/c1-5-26(6-2)13-14-27-22(19-12-11-18(34-3)15-20(19)35-4)21(24(30)25(27)31)23(29)16-7-9-17(10-8-16)28(32)33/h7-12,15,22,29H,5-6,13-14H2,1-4H3/t22-/m1/s1. The highest BCUT2D eigenvalue weighted by Gasteiger charge is 2.47. The number of hydrogen-bond donors (Lipinski definition) is 1. The van der Waals surface area contributed by atoms with E-state index in [9.17, 15) is 24.8 Å². The third kappa shape index (κ3) is 5.12. The number of aliphatic hydroxyl groups excluding tert-OH is 1. The van der Waals surface area contributed by atoms with Gasteiger partial charge in [-0.1, -0.05) is 13.8 Å².